The smallest absolute Gasteiger partial charge is 0.475 e. The van der Waals surface area contributed by atoms with E-state index < -0.39 is 12.1 Å². The number of benzene rings is 1. The Balaban J connectivity index is 0.000000370. The largest absolute Gasteiger partial charge is 0.490 e. The van der Waals surface area contributed by atoms with E-state index in [9.17, 15) is 17.6 Å². The standard InChI is InChI=1S/C16H19ClFN3O.C2HF3O2/c1-22-10-13-7-20(9-14-5-19-11-21(14)8-13)6-12-2-3-15(17)16(18)4-12;3-2(4,5)1(6)7/h2-5,11,13H,6-10H2,1H3;(H,6,7). The lowest BCUT2D eigenvalue weighted by Crippen LogP contribution is -2.29. The number of methoxy groups -OCH3 is 1. The molecule has 0 radical (unpaired) electrons. The zero-order valence-corrected chi connectivity index (χ0v) is 16.3. The van der Waals surface area contributed by atoms with Crippen LogP contribution >= 0.6 is 11.6 Å². The highest BCUT2D eigenvalue weighted by atomic mass is 35.5. The number of hydrogen-bond donors (Lipinski definition) is 1. The second-order valence-electron chi connectivity index (χ2n) is 6.58. The van der Waals surface area contributed by atoms with Crippen LogP contribution in [0, 0.1) is 11.7 Å². The van der Waals surface area contributed by atoms with Crippen LogP contribution in [0.25, 0.3) is 0 Å². The normalized spacial score (nSPS) is 17.1. The number of nitrogens with zero attached hydrogens (tertiary/aromatic N) is 3. The molecule has 3 rings (SSSR count). The SMILES string of the molecule is COCC1CN(Cc2ccc(Cl)c(F)c2)Cc2cncn2C1.O=C(O)C(F)(F)F. The van der Waals surface area contributed by atoms with E-state index in [2.05, 4.69) is 14.5 Å². The zero-order valence-electron chi connectivity index (χ0n) is 15.5. The first-order valence-corrected chi connectivity index (χ1v) is 8.92. The van der Waals surface area contributed by atoms with Gasteiger partial charge in [0.1, 0.15) is 5.82 Å². The fourth-order valence-electron chi connectivity index (χ4n) is 3.00. The van der Waals surface area contributed by atoms with Gasteiger partial charge in [-0.15, -0.1) is 0 Å². The minimum Gasteiger partial charge on any atom is -0.475 e. The van der Waals surface area contributed by atoms with Gasteiger partial charge in [-0.05, 0) is 17.7 Å². The number of alkyl halides is 3. The van der Waals surface area contributed by atoms with Crippen molar-refractivity contribution in [2.45, 2.75) is 25.8 Å². The number of halogens is 5. The molecule has 11 heteroatoms. The molecule has 0 spiro atoms. The van der Waals surface area contributed by atoms with E-state index in [-0.39, 0.29) is 10.8 Å². The molecule has 1 atom stereocenters. The monoisotopic (exact) mass is 437 g/mol. The molecule has 1 aromatic heterocycles. The third-order valence-electron chi connectivity index (χ3n) is 4.19. The highest BCUT2D eigenvalue weighted by Crippen LogP contribution is 2.21. The van der Waals surface area contributed by atoms with Crippen LogP contribution in [0.5, 0.6) is 0 Å². The molecule has 0 fully saturated rings. The van der Waals surface area contributed by atoms with Crippen LogP contribution in [0.15, 0.2) is 30.7 Å². The summed E-state index contributed by atoms with van der Waals surface area (Å²) in [7, 11) is 1.72. The summed E-state index contributed by atoms with van der Waals surface area (Å²) in [6.07, 6.45) is -1.33. The van der Waals surface area contributed by atoms with E-state index >= 15 is 0 Å². The number of carboxylic acid groups (broad SMARTS) is 1. The van der Waals surface area contributed by atoms with Crippen LogP contribution in [0.3, 0.4) is 0 Å². The van der Waals surface area contributed by atoms with Crippen molar-refractivity contribution in [3.05, 3.63) is 52.8 Å². The second kappa shape index (κ2) is 10.0. The fourth-order valence-corrected chi connectivity index (χ4v) is 3.11. The summed E-state index contributed by atoms with van der Waals surface area (Å²) >= 11 is 5.75. The van der Waals surface area contributed by atoms with Crippen LogP contribution in [0.1, 0.15) is 11.3 Å². The maximum atomic E-state index is 13.6. The van der Waals surface area contributed by atoms with Gasteiger partial charge in [0.25, 0.3) is 0 Å². The van der Waals surface area contributed by atoms with Gasteiger partial charge in [-0.2, -0.15) is 13.2 Å². The fraction of sp³-hybridized carbons (Fsp3) is 0.444. The van der Waals surface area contributed by atoms with Gasteiger partial charge < -0.3 is 14.4 Å². The lowest BCUT2D eigenvalue weighted by molar-refractivity contribution is -0.192. The second-order valence-corrected chi connectivity index (χ2v) is 6.99. The molecule has 0 aliphatic carbocycles. The van der Waals surface area contributed by atoms with Crippen LogP contribution in [0.4, 0.5) is 17.6 Å². The maximum absolute atomic E-state index is 13.6. The Morgan fingerprint density at radius 1 is 1.38 bits per heavy atom. The van der Waals surface area contributed by atoms with Gasteiger partial charge in [0, 0.05) is 45.4 Å². The molecule has 1 N–H and O–H groups in total. The van der Waals surface area contributed by atoms with Gasteiger partial charge >= 0.3 is 12.1 Å². The number of rotatable bonds is 4. The highest BCUT2D eigenvalue weighted by molar-refractivity contribution is 6.30. The predicted molar refractivity (Wildman–Crippen MR) is 96.8 cm³/mol. The van der Waals surface area contributed by atoms with Gasteiger partial charge in [0.05, 0.1) is 23.7 Å². The lowest BCUT2D eigenvalue weighted by Gasteiger charge is -2.23. The first-order valence-electron chi connectivity index (χ1n) is 8.54. The summed E-state index contributed by atoms with van der Waals surface area (Å²) in [5.41, 5.74) is 2.10. The number of imidazole rings is 1. The number of fused-ring (bicyclic) bond motifs is 1. The molecule has 0 amide bonds. The van der Waals surface area contributed by atoms with E-state index in [1.54, 1.807) is 13.2 Å². The molecule has 1 aliphatic heterocycles. The zero-order chi connectivity index (χ0) is 21.6. The molecule has 1 unspecified atom stereocenters. The maximum Gasteiger partial charge on any atom is 0.490 e. The van der Waals surface area contributed by atoms with E-state index in [1.807, 2.05) is 18.6 Å². The summed E-state index contributed by atoms with van der Waals surface area (Å²) in [5, 5.41) is 7.29. The summed E-state index contributed by atoms with van der Waals surface area (Å²) in [6.45, 7) is 3.97. The first kappa shape index (κ1) is 23.1. The third-order valence-corrected chi connectivity index (χ3v) is 4.50. The average molecular weight is 438 g/mol. The van der Waals surface area contributed by atoms with E-state index in [0.29, 0.717) is 19.1 Å². The Bertz CT molecular complexity index is 829. The minimum absolute atomic E-state index is 0.162. The van der Waals surface area contributed by atoms with E-state index in [1.165, 1.54) is 11.8 Å². The van der Waals surface area contributed by atoms with Crippen LogP contribution < -0.4 is 0 Å². The minimum atomic E-state index is -5.08. The number of hydrogen-bond acceptors (Lipinski definition) is 4. The lowest BCUT2D eigenvalue weighted by atomic mass is 10.1. The topological polar surface area (TPSA) is 67.6 Å². The van der Waals surface area contributed by atoms with Gasteiger partial charge in [0.2, 0.25) is 0 Å². The van der Waals surface area contributed by atoms with Crippen LogP contribution in [-0.2, 0) is 29.2 Å². The van der Waals surface area contributed by atoms with Crippen molar-refractivity contribution in [2.24, 2.45) is 5.92 Å². The van der Waals surface area contributed by atoms with E-state index in [4.69, 9.17) is 26.2 Å². The number of carboxylic acids is 1. The molecule has 1 aromatic carbocycles. The molecule has 6 nitrogen and oxygen atoms in total. The van der Waals surface area contributed by atoms with Crippen molar-refractivity contribution >= 4 is 17.6 Å². The molecule has 2 aromatic rings. The number of aliphatic carboxylic acids is 1. The molecule has 2 heterocycles. The summed E-state index contributed by atoms with van der Waals surface area (Å²) in [5.74, 6) is -2.74. The van der Waals surface area contributed by atoms with Crippen molar-refractivity contribution in [2.75, 3.05) is 20.3 Å². The Kier molecular flexibility index (Phi) is 8.00. The van der Waals surface area contributed by atoms with E-state index in [0.717, 1.165) is 25.2 Å². The molecule has 1 aliphatic rings. The summed E-state index contributed by atoms with van der Waals surface area (Å²) in [4.78, 5) is 15.4. The summed E-state index contributed by atoms with van der Waals surface area (Å²) < 4.78 is 52.8. The van der Waals surface area contributed by atoms with Gasteiger partial charge in [-0.25, -0.2) is 14.2 Å². The molecule has 0 bridgehead atoms. The highest BCUT2D eigenvalue weighted by Gasteiger charge is 2.38. The van der Waals surface area contributed by atoms with Gasteiger partial charge in [0.15, 0.2) is 0 Å². The Morgan fingerprint density at radius 2 is 2.07 bits per heavy atom. The molecule has 0 saturated carbocycles. The summed E-state index contributed by atoms with van der Waals surface area (Å²) in [6, 6.07) is 5.00. The molecule has 160 valence electrons. The van der Waals surface area contributed by atoms with Crippen molar-refractivity contribution < 1.29 is 32.2 Å². The van der Waals surface area contributed by atoms with Crippen molar-refractivity contribution in [1.82, 2.24) is 14.5 Å². The average Bonchev–Trinajstić information content (AvgIpc) is 2.98. The predicted octanol–water partition coefficient (Wildman–Crippen LogP) is 3.59. The first-order chi connectivity index (χ1) is 13.6. The Morgan fingerprint density at radius 3 is 2.66 bits per heavy atom. The quantitative estimate of drug-likeness (QED) is 0.740. The molecule has 29 heavy (non-hydrogen) atoms. The molecular weight excluding hydrogens is 418 g/mol. The number of aromatic nitrogens is 2. The van der Waals surface area contributed by atoms with Crippen molar-refractivity contribution in [1.29, 1.82) is 0 Å². The van der Waals surface area contributed by atoms with Crippen LogP contribution in [0.2, 0.25) is 5.02 Å². The van der Waals surface area contributed by atoms with Gasteiger partial charge in [-0.3, -0.25) is 4.90 Å². The molecular formula is C18H20ClF4N3O3. The van der Waals surface area contributed by atoms with Crippen molar-refractivity contribution in [3.8, 4) is 0 Å². The number of carbonyl (C=O) groups is 1. The third kappa shape index (κ3) is 6.98. The Hall–Kier alpha value is -2.17. The van der Waals surface area contributed by atoms with Crippen LogP contribution in [-0.4, -0.2) is 52.0 Å². The molecule has 0 saturated heterocycles. The number of ether oxygens (including phenoxy) is 1. The Labute approximate surface area is 169 Å². The van der Waals surface area contributed by atoms with Crippen molar-refractivity contribution in [3.63, 3.8) is 0 Å². The van der Waals surface area contributed by atoms with Gasteiger partial charge in [-0.1, -0.05) is 17.7 Å².